The number of hydrogen-bond donors (Lipinski definition) is 2. The third kappa shape index (κ3) is 2.58. The molecule has 1 aliphatic rings. The van der Waals surface area contributed by atoms with Gasteiger partial charge >= 0.3 is 5.97 Å². The third-order valence-corrected chi connectivity index (χ3v) is 4.16. The monoisotopic (exact) mass is 351 g/mol. The van der Waals surface area contributed by atoms with E-state index in [-0.39, 0.29) is 11.6 Å². The summed E-state index contributed by atoms with van der Waals surface area (Å²) in [4.78, 5) is 27.9. The van der Waals surface area contributed by atoms with Crippen LogP contribution in [-0.2, 0) is 0 Å². The minimum Gasteiger partial charge on any atom is -0.477 e. The molecular weight excluding hydrogens is 338 g/mol. The van der Waals surface area contributed by atoms with Gasteiger partial charge in [0.1, 0.15) is 11.2 Å². The van der Waals surface area contributed by atoms with Crippen molar-refractivity contribution in [1.82, 2.24) is 14.9 Å². The van der Waals surface area contributed by atoms with E-state index in [1.54, 1.807) is 12.3 Å². The molecule has 3 heterocycles. The number of hydrogen-bond acceptors (Lipinski definition) is 4. The van der Waals surface area contributed by atoms with Crippen molar-refractivity contribution in [3.8, 4) is 0 Å². The van der Waals surface area contributed by atoms with Crippen molar-refractivity contribution >= 4 is 32.9 Å². The van der Waals surface area contributed by atoms with Gasteiger partial charge in [-0.1, -0.05) is 0 Å². The Bertz CT molecular complexity index is 766. The molecule has 0 aromatic carbocycles. The Labute approximate surface area is 128 Å². The van der Waals surface area contributed by atoms with Gasteiger partial charge in [-0.3, -0.25) is 4.79 Å². The maximum Gasteiger partial charge on any atom is 0.341 e. The zero-order valence-corrected chi connectivity index (χ0v) is 12.8. The van der Waals surface area contributed by atoms with E-state index in [4.69, 9.17) is 0 Å². The lowest BCUT2D eigenvalue weighted by atomic mass is 10.1. The van der Waals surface area contributed by atoms with Crippen molar-refractivity contribution in [3.05, 3.63) is 38.7 Å². The summed E-state index contributed by atoms with van der Waals surface area (Å²) < 4.78 is 2.47. The number of piperidine rings is 1. The molecule has 1 fully saturated rings. The summed E-state index contributed by atoms with van der Waals surface area (Å²) in [6.07, 6.45) is 4.99. The minimum absolute atomic E-state index is 0.105. The summed E-state index contributed by atoms with van der Waals surface area (Å²) in [6.45, 7) is 1.70. The molecule has 0 radical (unpaired) electrons. The molecule has 21 heavy (non-hydrogen) atoms. The zero-order chi connectivity index (χ0) is 15.0. The van der Waals surface area contributed by atoms with Crippen LogP contribution in [0.15, 0.2) is 27.7 Å². The highest BCUT2D eigenvalue weighted by Crippen LogP contribution is 2.22. The fraction of sp³-hybridized carbons (Fsp3) is 0.357. The van der Waals surface area contributed by atoms with Gasteiger partial charge in [-0.15, -0.1) is 0 Å². The number of halogens is 1. The number of pyridine rings is 2. The summed E-state index contributed by atoms with van der Waals surface area (Å²) in [6, 6.07) is 1.73. The van der Waals surface area contributed by atoms with E-state index in [0.717, 1.165) is 25.9 Å². The van der Waals surface area contributed by atoms with Crippen molar-refractivity contribution in [3.63, 3.8) is 0 Å². The molecule has 2 aromatic rings. The number of fused-ring (bicyclic) bond motifs is 1. The van der Waals surface area contributed by atoms with E-state index in [0.29, 0.717) is 15.5 Å². The smallest absolute Gasteiger partial charge is 0.341 e. The molecular formula is C14H14BrN3O3. The van der Waals surface area contributed by atoms with Crippen molar-refractivity contribution < 1.29 is 9.90 Å². The van der Waals surface area contributed by atoms with Gasteiger partial charge in [-0.05, 0) is 41.4 Å². The van der Waals surface area contributed by atoms with Crippen molar-refractivity contribution in [1.29, 1.82) is 0 Å². The summed E-state index contributed by atoms with van der Waals surface area (Å²) >= 11 is 3.28. The molecule has 110 valence electrons. The van der Waals surface area contributed by atoms with Gasteiger partial charge in [0.05, 0.1) is 5.39 Å². The molecule has 1 atom stereocenters. The normalized spacial score (nSPS) is 18.8. The fourth-order valence-electron chi connectivity index (χ4n) is 2.71. The van der Waals surface area contributed by atoms with Crippen LogP contribution in [-0.4, -0.2) is 33.7 Å². The molecule has 6 nitrogen and oxygen atoms in total. The number of aromatic nitrogens is 2. The maximum absolute atomic E-state index is 12.3. The Morgan fingerprint density at radius 2 is 2.33 bits per heavy atom. The first-order valence-corrected chi connectivity index (χ1v) is 7.51. The Balaban J connectivity index is 2.29. The first-order valence-electron chi connectivity index (χ1n) is 6.72. The number of carboxylic acid groups (broad SMARTS) is 1. The predicted octanol–water partition coefficient (Wildman–Crippen LogP) is 1.78. The molecule has 0 bridgehead atoms. The Morgan fingerprint density at radius 3 is 3.00 bits per heavy atom. The zero-order valence-electron chi connectivity index (χ0n) is 11.2. The van der Waals surface area contributed by atoms with E-state index in [9.17, 15) is 14.7 Å². The average Bonchev–Trinajstić information content (AvgIpc) is 2.48. The fourth-order valence-corrected chi connectivity index (χ4v) is 3.04. The number of aromatic carboxylic acids is 1. The first kappa shape index (κ1) is 14.2. The van der Waals surface area contributed by atoms with Gasteiger partial charge in [0.2, 0.25) is 5.43 Å². The van der Waals surface area contributed by atoms with Crippen LogP contribution in [0.25, 0.3) is 11.0 Å². The Hall–Kier alpha value is -1.73. The van der Waals surface area contributed by atoms with Gasteiger partial charge in [0.25, 0.3) is 0 Å². The average molecular weight is 352 g/mol. The molecule has 7 heteroatoms. The van der Waals surface area contributed by atoms with E-state index in [2.05, 4.69) is 26.2 Å². The van der Waals surface area contributed by atoms with Crippen molar-refractivity contribution in [2.45, 2.75) is 18.9 Å². The number of nitrogens with one attached hydrogen (secondary N) is 1. The quantitative estimate of drug-likeness (QED) is 0.861. The topological polar surface area (TPSA) is 84.2 Å². The van der Waals surface area contributed by atoms with E-state index in [1.807, 2.05) is 4.57 Å². The second-order valence-electron chi connectivity index (χ2n) is 5.11. The summed E-state index contributed by atoms with van der Waals surface area (Å²) in [5.74, 6) is -1.21. The third-order valence-electron chi connectivity index (χ3n) is 3.73. The largest absolute Gasteiger partial charge is 0.477 e. The standard InChI is InChI=1S/C14H14BrN3O3/c15-8-4-10-12(19)11(14(20)21)7-18(13(10)17-5-8)9-2-1-3-16-6-9/h4-5,7,9,16H,1-3,6H2,(H,20,21). The van der Waals surface area contributed by atoms with Crippen LogP contribution < -0.4 is 10.7 Å². The molecule has 1 saturated heterocycles. The molecule has 2 N–H and O–H groups in total. The van der Waals surface area contributed by atoms with Crippen molar-refractivity contribution in [2.24, 2.45) is 0 Å². The van der Waals surface area contributed by atoms with Crippen molar-refractivity contribution in [2.75, 3.05) is 13.1 Å². The molecule has 0 spiro atoms. The number of rotatable bonds is 2. The highest BCUT2D eigenvalue weighted by Gasteiger charge is 2.21. The van der Waals surface area contributed by atoms with Crippen LogP contribution in [0.3, 0.4) is 0 Å². The van der Waals surface area contributed by atoms with Crippen LogP contribution in [0.4, 0.5) is 0 Å². The van der Waals surface area contributed by atoms with E-state index >= 15 is 0 Å². The minimum atomic E-state index is -1.21. The molecule has 0 aliphatic carbocycles. The highest BCUT2D eigenvalue weighted by atomic mass is 79.9. The number of nitrogens with zero attached hydrogens (tertiary/aromatic N) is 2. The predicted molar refractivity (Wildman–Crippen MR) is 81.8 cm³/mol. The van der Waals surface area contributed by atoms with Gasteiger partial charge in [-0.2, -0.15) is 0 Å². The summed E-state index contributed by atoms with van der Waals surface area (Å²) in [5, 5.41) is 12.9. The first-order chi connectivity index (χ1) is 10.1. The number of carboxylic acids is 1. The van der Waals surface area contributed by atoms with Gasteiger partial charge in [0, 0.05) is 29.5 Å². The molecule has 1 aliphatic heterocycles. The van der Waals surface area contributed by atoms with Crippen LogP contribution in [0.5, 0.6) is 0 Å². The van der Waals surface area contributed by atoms with Crippen LogP contribution in [0.1, 0.15) is 29.2 Å². The maximum atomic E-state index is 12.3. The van der Waals surface area contributed by atoms with Gasteiger partial charge < -0.3 is 15.0 Å². The summed E-state index contributed by atoms with van der Waals surface area (Å²) in [7, 11) is 0. The van der Waals surface area contributed by atoms with Crippen LogP contribution >= 0.6 is 15.9 Å². The number of carbonyl (C=O) groups is 1. The molecule has 0 amide bonds. The van der Waals surface area contributed by atoms with Crippen LogP contribution in [0, 0.1) is 0 Å². The molecule has 2 aromatic heterocycles. The second-order valence-corrected chi connectivity index (χ2v) is 6.02. The Kier molecular flexibility index (Phi) is 3.77. The van der Waals surface area contributed by atoms with E-state index in [1.165, 1.54) is 6.20 Å². The lowest BCUT2D eigenvalue weighted by molar-refractivity contribution is 0.0694. The molecule has 3 rings (SSSR count). The van der Waals surface area contributed by atoms with E-state index < -0.39 is 11.4 Å². The second kappa shape index (κ2) is 5.57. The van der Waals surface area contributed by atoms with Crippen LogP contribution in [0.2, 0.25) is 0 Å². The lowest BCUT2D eigenvalue weighted by Crippen LogP contribution is -2.33. The van der Waals surface area contributed by atoms with Gasteiger partial charge in [-0.25, -0.2) is 9.78 Å². The SMILES string of the molecule is O=C(O)c1cn(C2CCCNC2)c2ncc(Br)cc2c1=O. The highest BCUT2D eigenvalue weighted by molar-refractivity contribution is 9.10. The molecule has 1 unspecified atom stereocenters. The lowest BCUT2D eigenvalue weighted by Gasteiger charge is -2.26. The molecule has 0 saturated carbocycles. The summed E-state index contributed by atoms with van der Waals surface area (Å²) in [5.41, 5.74) is -0.179. The Morgan fingerprint density at radius 1 is 1.52 bits per heavy atom. The van der Waals surface area contributed by atoms with Gasteiger partial charge in [0.15, 0.2) is 0 Å².